The summed E-state index contributed by atoms with van der Waals surface area (Å²) in [5, 5.41) is 2.53. The van der Waals surface area contributed by atoms with Crippen molar-refractivity contribution in [2.45, 2.75) is 70.6 Å². The quantitative estimate of drug-likeness (QED) is 0.134. The van der Waals surface area contributed by atoms with Crippen LogP contribution in [0.4, 0.5) is 17.1 Å². The molecule has 0 radical (unpaired) electrons. The van der Waals surface area contributed by atoms with E-state index >= 15 is 0 Å². The summed E-state index contributed by atoms with van der Waals surface area (Å²) in [4.78, 5) is 2.46. The molecule has 0 spiro atoms. The average molecular weight is 789 g/mol. The van der Waals surface area contributed by atoms with Gasteiger partial charge in [-0.05, 0) is 154 Å². The van der Waals surface area contributed by atoms with Crippen molar-refractivity contribution < 1.29 is 0 Å². The minimum absolute atomic E-state index is 0.00879. The molecule has 0 fully saturated rings. The maximum absolute atomic E-state index is 2.52. The van der Waals surface area contributed by atoms with Crippen LogP contribution in [0.1, 0.15) is 86.8 Å². The molecule has 0 N–H and O–H groups in total. The van der Waals surface area contributed by atoms with Gasteiger partial charge in [-0.15, -0.1) is 0 Å². The van der Waals surface area contributed by atoms with Crippen LogP contribution < -0.4 is 4.90 Å². The highest BCUT2D eigenvalue weighted by atomic mass is 15.1. The van der Waals surface area contributed by atoms with Gasteiger partial charge in [0, 0.05) is 44.4 Å². The monoisotopic (exact) mass is 788 g/mol. The number of aromatic nitrogens is 1. The van der Waals surface area contributed by atoms with Gasteiger partial charge in [-0.1, -0.05) is 143 Å². The van der Waals surface area contributed by atoms with Gasteiger partial charge in [0.25, 0.3) is 0 Å². The summed E-state index contributed by atoms with van der Waals surface area (Å²) in [5.74, 6) is 0. The van der Waals surface area contributed by atoms with Gasteiger partial charge in [-0.2, -0.15) is 0 Å². The van der Waals surface area contributed by atoms with Crippen molar-refractivity contribution in [3.63, 3.8) is 0 Å². The molecule has 1 aromatic heterocycles. The van der Waals surface area contributed by atoms with Gasteiger partial charge in [0.1, 0.15) is 0 Å². The lowest BCUT2D eigenvalue weighted by Gasteiger charge is -2.31. The molecule has 0 saturated carbocycles. The van der Waals surface area contributed by atoms with E-state index < -0.39 is 0 Å². The molecule has 8 aromatic carbocycles. The number of anilines is 3. The number of benzene rings is 8. The van der Waals surface area contributed by atoms with Crippen LogP contribution in [0.2, 0.25) is 0 Å². The standard InChI is InChI=1S/C59H52N2/c1-5-58(6-2)52-25-17-15-23-46(52)48-31-27-41(37-54(48)58)35-40-28-33-56-50(36-40)51-38-44(30-34-57(51)61(56)43-21-13-10-14-22-43)60(42-19-11-9-12-20-42)45-29-32-49-47-24-16-18-26-53(47)59(7-3,8-4)55(49)39-45/h9-34,36-39H,5-8,35H2,1-4H3. The van der Waals surface area contributed by atoms with Crippen LogP contribution in [0.3, 0.4) is 0 Å². The fourth-order valence-electron chi connectivity index (χ4n) is 11.6. The maximum atomic E-state index is 2.52. The molecule has 298 valence electrons. The van der Waals surface area contributed by atoms with E-state index in [0.29, 0.717) is 0 Å². The highest BCUT2D eigenvalue weighted by Gasteiger charge is 2.42. The summed E-state index contributed by atoms with van der Waals surface area (Å²) in [7, 11) is 0. The van der Waals surface area contributed by atoms with Crippen molar-refractivity contribution in [3.8, 4) is 27.9 Å². The predicted octanol–water partition coefficient (Wildman–Crippen LogP) is 16.0. The van der Waals surface area contributed by atoms with Crippen molar-refractivity contribution in [3.05, 3.63) is 215 Å². The summed E-state index contributed by atoms with van der Waals surface area (Å²) < 4.78 is 2.44. The largest absolute Gasteiger partial charge is 0.310 e. The van der Waals surface area contributed by atoms with E-state index in [1.54, 1.807) is 0 Å². The Morgan fingerprint density at radius 2 is 0.836 bits per heavy atom. The first-order chi connectivity index (χ1) is 30.0. The van der Waals surface area contributed by atoms with Gasteiger partial charge >= 0.3 is 0 Å². The minimum atomic E-state index is -0.00879. The average Bonchev–Trinajstić information content (AvgIpc) is 3.90. The van der Waals surface area contributed by atoms with Crippen molar-refractivity contribution in [1.29, 1.82) is 0 Å². The van der Waals surface area contributed by atoms with Crippen LogP contribution in [-0.4, -0.2) is 4.57 Å². The lowest BCUT2D eigenvalue weighted by Crippen LogP contribution is -2.23. The number of nitrogens with zero attached hydrogens (tertiary/aromatic N) is 2. The smallest absolute Gasteiger partial charge is 0.0542 e. The second kappa shape index (κ2) is 14.5. The molecule has 61 heavy (non-hydrogen) atoms. The van der Waals surface area contributed by atoms with E-state index in [1.165, 1.54) is 88.8 Å². The van der Waals surface area contributed by atoms with E-state index in [0.717, 1.165) is 43.5 Å². The van der Waals surface area contributed by atoms with Gasteiger partial charge in [-0.25, -0.2) is 0 Å². The Balaban J connectivity index is 1.06. The Morgan fingerprint density at radius 3 is 1.48 bits per heavy atom. The lowest BCUT2D eigenvalue weighted by atomic mass is 9.73. The molecule has 11 rings (SSSR count). The molecule has 2 aliphatic carbocycles. The first-order valence-electron chi connectivity index (χ1n) is 22.5. The molecular weight excluding hydrogens is 737 g/mol. The van der Waals surface area contributed by atoms with Gasteiger partial charge in [0.2, 0.25) is 0 Å². The first kappa shape index (κ1) is 37.4. The molecule has 1 heterocycles. The maximum Gasteiger partial charge on any atom is 0.0542 e. The van der Waals surface area contributed by atoms with E-state index in [4.69, 9.17) is 0 Å². The molecule has 0 bridgehead atoms. The third kappa shape index (κ3) is 5.54. The second-order valence-electron chi connectivity index (χ2n) is 17.4. The van der Waals surface area contributed by atoms with Crippen molar-refractivity contribution in [2.75, 3.05) is 4.90 Å². The molecule has 2 heteroatoms. The summed E-state index contributed by atoms with van der Waals surface area (Å²) in [6.45, 7) is 9.43. The van der Waals surface area contributed by atoms with Crippen LogP contribution in [0.15, 0.2) is 182 Å². The SMILES string of the molecule is CCC1(CC)c2ccccc2-c2ccc(Cc3ccc4c(c3)c3cc(N(c5ccccc5)c5ccc6c(c5)C(CC)(CC)c5ccccc5-6)ccc3n4-c3ccccc3)cc21. The van der Waals surface area contributed by atoms with E-state index in [-0.39, 0.29) is 10.8 Å². The molecule has 2 nitrogen and oxygen atoms in total. The third-order valence-corrected chi connectivity index (χ3v) is 14.8. The predicted molar refractivity (Wildman–Crippen MR) is 258 cm³/mol. The zero-order chi connectivity index (χ0) is 41.3. The van der Waals surface area contributed by atoms with Crippen molar-refractivity contribution >= 4 is 38.9 Å². The third-order valence-electron chi connectivity index (χ3n) is 14.8. The molecule has 0 amide bonds. The van der Waals surface area contributed by atoms with E-state index in [9.17, 15) is 0 Å². The Bertz CT molecular complexity index is 3110. The molecule has 9 aromatic rings. The molecule has 0 atom stereocenters. The van der Waals surface area contributed by atoms with Gasteiger partial charge in [-0.3, -0.25) is 0 Å². The summed E-state index contributed by atoms with van der Waals surface area (Å²) >= 11 is 0. The Labute approximate surface area is 360 Å². The van der Waals surface area contributed by atoms with Crippen LogP contribution in [-0.2, 0) is 17.3 Å². The lowest BCUT2D eigenvalue weighted by molar-refractivity contribution is 0.490. The van der Waals surface area contributed by atoms with Gasteiger partial charge < -0.3 is 9.47 Å². The molecular formula is C59H52N2. The minimum Gasteiger partial charge on any atom is -0.310 e. The van der Waals surface area contributed by atoms with Crippen LogP contribution in [0.5, 0.6) is 0 Å². The fourth-order valence-corrected chi connectivity index (χ4v) is 11.6. The highest BCUT2D eigenvalue weighted by molar-refractivity contribution is 6.11. The Hall–Kier alpha value is -6.64. The zero-order valence-electron chi connectivity index (χ0n) is 35.8. The fraction of sp³-hybridized carbons (Fsp3) is 0.186. The Morgan fingerprint density at radius 1 is 0.377 bits per heavy atom. The van der Waals surface area contributed by atoms with Gasteiger partial charge in [0.05, 0.1) is 11.0 Å². The molecule has 0 aliphatic heterocycles. The Kier molecular flexibility index (Phi) is 8.90. The number of para-hydroxylation sites is 2. The van der Waals surface area contributed by atoms with Crippen LogP contribution in [0.25, 0.3) is 49.7 Å². The summed E-state index contributed by atoms with van der Waals surface area (Å²) in [6, 6.07) is 68.6. The molecule has 0 unspecified atom stereocenters. The van der Waals surface area contributed by atoms with Gasteiger partial charge in [0.15, 0.2) is 0 Å². The second-order valence-corrected chi connectivity index (χ2v) is 17.4. The number of hydrogen-bond donors (Lipinski definition) is 0. The van der Waals surface area contributed by atoms with E-state index in [1.807, 2.05) is 0 Å². The summed E-state index contributed by atoms with van der Waals surface area (Å²) in [6.07, 6.45) is 5.20. The van der Waals surface area contributed by atoms with Crippen LogP contribution in [0, 0.1) is 0 Å². The number of rotatable bonds is 10. The van der Waals surface area contributed by atoms with E-state index in [2.05, 4.69) is 219 Å². The normalized spacial score (nSPS) is 14.2. The van der Waals surface area contributed by atoms with Crippen molar-refractivity contribution in [1.82, 2.24) is 4.57 Å². The van der Waals surface area contributed by atoms with Crippen molar-refractivity contribution in [2.24, 2.45) is 0 Å². The zero-order valence-corrected chi connectivity index (χ0v) is 35.8. The van der Waals surface area contributed by atoms with Crippen LogP contribution >= 0.6 is 0 Å². The number of hydrogen-bond acceptors (Lipinski definition) is 1. The first-order valence-corrected chi connectivity index (χ1v) is 22.5. The highest BCUT2D eigenvalue weighted by Crippen LogP contribution is 2.55. The number of fused-ring (bicyclic) bond motifs is 9. The summed E-state index contributed by atoms with van der Waals surface area (Å²) in [5.41, 5.74) is 21.3. The molecule has 0 saturated heterocycles. The topological polar surface area (TPSA) is 8.17 Å². The molecule has 2 aliphatic rings.